The standard InChI is InChI=1S/C22H25BrN2O3/c1-22(2,3)15-5-10-19(28-4)18(12-15)24-21(27)14-11-20(26)25(13-14)17-8-6-16(23)7-9-17/h5-10,12,14H,11,13H2,1-4H3,(H,24,27)/t14-/m1/s1. The van der Waals surface area contributed by atoms with Crippen molar-refractivity contribution in [3.8, 4) is 5.75 Å². The number of benzene rings is 2. The Morgan fingerprint density at radius 2 is 1.86 bits per heavy atom. The highest BCUT2D eigenvalue weighted by atomic mass is 79.9. The Morgan fingerprint density at radius 1 is 1.18 bits per heavy atom. The second-order valence-corrected chi connectivity index (χ2v) is 8.95. The maximum Gasteiger partial charge on any atom is 0.229 e. The molecular weight excluding hydrogens is 420 g/mol. The smallest absolute Gasteiger partial charge is 0.229 e. The summed E-state index contributed by atoms with van der Waals surface area (Å²) in [6, 6.07) is 13.3. The number of carbonyl (C=O) groups is 2. The van der Waals surface area contributed by atoms with Gasteiger partial charge in [0.05, 0.1) is 18.7 Å². The fourth-order valence-corrected chi connectivity index (χ4v) is 3.53. The first kappa shape index (κ1) is 20.4. The number of nitrogens with zero attached hydrogens (tertiary/aromatic N) is 1. The van der Waals surface area contributed by atoms with Gasteiger partial charge in [-0.05, 0) is 47.4 Å². The molecule has 148 valence electrons. The van der Waals surface area contributed by atoms with E-state index in [2.05, 4.69) is 42.0 Å². The first-order valence-corrected chi connectivity index (χ1v) is 10.0. The Hall–Kier alpha value is -2.34. The molecule has 1 heterocycles. The molecule has 1 fully saturated rings. The summed E-state index contributed by atoms with van der Waals surface area (Å²) < 4.78 is 6.35. The Kier molecular flexibility index (Phi) is 5.79. The van der Waals surface area contributed by atoms with Crippen molar-refractivity contribution >= 4 is 39.1 Å². The zero-order chi connectivity index (χ0) is 20.5. The Balaban J connectivity index is 1.76. The summed E-state index contributed by atoms with van der Waals surface area (Å²) in [4.78, 5) is 27.0. The second kappa shape index (κ2) is 7.95. The summed E-state index contributed by atoms with van der Waals surface area (Å²) in [6.45, 7) is 6.72. The van der Waals surface area contributed by atoms with Gasteiger partial charge in [-0.1, -0.05) is 42.8 Å². The lowest BCUT2D eigenvalue weighted by Crippen LogP contribution is -2.28. The highest BCUT2D eigenvalue weighted by Gasteiger charge is 2.35. The molecule has 0 aromatic heterocycles. The van der Waals surface area contributed by atoms with Gasteiger partial charge >= 0.3 is 0 Å². The van der Waals surface area contributed by atoms with Crippen LogP contribution in [-0.2, 0) is 15.0 Å². The van der Waals surface area contributed by atoms with Gasteiger partial charge in [-0.2, -0.15) is 0 Å². The summed E-state index contributed by atoms with van der Waals surface area (Å²) in [7, 11) is 1.58. The molecule has 0 aliphatic carbocycles. The Morgan fingerprint density at radius 3 is 2.46 bits per heavy atom. The lowest BCUT2D eigenvalue weighted by molar-refractivity contribution is -0.122. The van der Waals surface area contributed by atoms with Crippen LogP contribution in [0.2, 0.25) is 0 Å². The minimum absolute atomic E-state index is 0.0436. The van der Waals surface area contributed by atoms with Gasteiger partial charge in [0, 0.05) is 23.1 Å². The predicted octanol–water partition coefficient (Wildman–Crippen LogP) is 4.75. The molecule has 0 bridgehead atoms. The van der Waals surface area contributed by atoms with Crippen LogP contribution < -0.4 is 15.0 Å². The van der Waals surface area contributed by atoms with Gasteiger partial charge < -0.3 is 15.0 Å². The van der Waals surface area contributed by atoms with Gasteiger partial charge in [-0.15, -0.1) is 0 Å². The molecule has 2 aromatic rings. The van der Waals surface area contributed by atoms with E-state index in [4.69, 9.17) is 4.74 Å². The van der Waals surface area contributed by atoms with Crippen LogP contribution in [0.5, 0.6) is 5.75 Å². The van der Waals surface area contributed by atoms with Crippen molar-refractivity contribution in [3.05, 3.63) is 52.5 Å². The molecule has 28 heavy (non-hydrogen) atoms. The second-order valence-electron chi connectivity index (χ2n) is 8.04. The third-order valence-corrected chi connectivity index (χ3v) is 5.49. The van der Waals surface area contributed by atoms with E-state index < -0.39 is 5.92 Å². The number of ether oxygens (including phenoxy) is 1. The Bertz CT molecular complexity index is 888. The molecule has 1 aliphatic heterocycles. The quantitative estimate of drug-likeness (QED) is 0.739. The number of halogens is 1. The molecule has 0 radical (unpaired) electrons. The van der Waals surface area contributed by atoms with Gasteiger partial charge in [-0.3, -0.25) is 9.59 Å². The van der Waals surface area contributed by atoms with E-state index in [-0.39, 0.29) is 23.7 Å². The number of rotatable bonds is 4. The number of methoxy groups -OCH3 is 1. The largest absolute Gasteiger partial charge is 0.495 e. The van der Waals surface area contributed by atoms with Crippen LogP contribution >= 0.6 is 15.9 Å². The maximum absolute atomic E-state index is 12.9. The van der Waals surface area contributed by atoms with Crippen LogP contribution in [0.3, 0.4) is 0 Å². The molecular formula is C22H25BrN2O3. The van der Waals surface area contributed by atoms with Crippen molar-refractivity contribution in [1.29, 1.82) is 0 Å². The third kappa shape index (κ3) is 4.38. The topological polar surface area (TPSA) is 58.6 Å². The molecule has 2 amide bonds. The monoisotopic (exact) mass is 444 g/mol. The normalized spacial score (nSPS) is 17.0. The minimum atomic E-state index is -0.404. The first-order valence-electron chi connectivity index (χ1n) is 9.24. The fraction of sp³-hybridized carbons (Fsp3) is 0.364. The van der Waals surface area contributed by atoms with Crippen LogP contribution in [-0.4, -0.2) is 25.5 Å². The molecule has 0 unspecified atom stereocenters. The van der Waals surface area contributed by atoms with Gasteiger partial charge in [0.1, 0.15) is 5.75 Å². The lowest BCUT2D eigenvalue weighted by atomic mass is 9.86. The lowest BCUT2D eigenvalue weighted by Gasteiger charge is -2.22. The molecule has 1 aliphatic rings. The first-order chi connectivity index (χ1) is 13.2. The maximum atomic E-state index is 12.9. The summed E-state index contributed by atoms with van der Waals surface area (Å²) in [5.74, 6) is -0.00946. The van der Waals surface area contributed by atoms with Gasteiger partial charge in [0.15, 0.2) is 0 Å². The number of carbonyl (C=O) groups excluding carboxylic acids is 2. The van der Waals surface area contributed by atoms with Crippen molar-refractivity contribution in [1.82, 2.24) is 0 Å². The van der Waals surface area contributed by atoms with Crippen LogP contribution in [0.4, 0.5) is 11.4 Å². The molecule has 1 saturated heterocycles. The summed E-state index contributed by atoms with van der Waals surface area (Å²) in [6.07, 6.45) is 0.198. The average Bonchev–Trinajstić information content (AvgIpc) is 3.03. The van der Waals surface area contributed by atoms with E-state index in [1.165, 1.54) is 0 Å². The molecule has 1 N–H and O–H groups in total. The third-order valence-electron chi connectivity index (χ3n) is 4.96. The van der Waals surface area contributed by atoms with E-state index in [0.717, 1.165) is 15.7 Å². The highest BCUT2D eigenvalue weighted by molar-refractivity contribution is 9.10. The average molecular weight is 445 g/mol. The number of amides is 2. The van der Waals surface area contributed by atoms with Gasteiger partial charge in [-0.25, -0.2) is 0 Å². The number of hydrogen-bond acceptors (Lipinski definition) is 3. The van der Waals surface area contributed by atoms with Crippen molar-refractivity contribution in [2.45, 2.75) is 32.6 Å². The number of anilines is 2. The van der Waals surface area contributed by atoms with E-state index >= 15 is 0 Å². The van der Waals surface area contributed by atoms with E-state index in [0.29, 0.717) is 18.0 Å². The van der Waals surface area contributed by atoms with Crippen molar-refractivity contribution in [3.63, 3.8) is 0 Å². The molecule has 6 heteroatoms. The van der Waals surface area contributed by atoms with Crippen molar-refractivity contribution in [2.24, 2.45) is 5.92 Å². The van der Waals surface area contributed by atoms with Crippen molar-refractivity contribution in [2.75, 3.05) is 23.9 Å². The Labute approximate surface area is 174 Å². The van der Waals surface area contributed by atoms with E-state index in [1.807, 2.05) is 42.5 Å². The van der Waals surface area contributed by atoms with Gasteiger partial charge in [0.2, 0.25) is 11.8 Å². The van der Waals surface area contributed by atoms with E-state index in [9.17, 15) is 9.59 Å². The molecule has 0 saturated carbocycles. The zero-order valence-corrected chi connectivity index (χ0v) is 18.2. The van der Waals surface area contributed by atoms with E-state index in [1.54, 1.807) is 12.0 Å². The predicted molar refractivity (Wildman–Crippen MR) is 115 cm³/mol. The SMILES string of the molecule is COc1ccc(C(C)(C)C)cc1NC(=O)[C@@H]1CC(=O)N(c2ccc(Br)cc2)C1. The van der Waals surface area contributed by atoms with Crippen LogP contribution in [0, 0.1) is 5.92 Å². The van der Waals surface area contributed by atoms with Crippen LogP contribution in [0.15, 0.2) is 46.9 Å². The van der Waals surface area contributed by atoms with Crippen molar-refractivity contribution < 1.29 is 14.3 Å². The summed E-state index contributed by atoms with van der Waals surface area (Å²) in [5.41, 5.74) is 2.49. The molecule has 3 rings (SSSR count). The van der Waals surface area contributed by atoms with Gasteiger partial charge in [0.25, 0.3) is 0 Å². The molecule has 1 atom stereocenters. The zero-order valence-electron chi connectivity index (χ0n) is 16.6. The molecule has 5 nitrogen and oxygen atoms in total. The highest BCUT2D eigenvalue weighted by Crippen LogP contribution is 2.33. The summed E-state index contributed by atoms with van der Waals surface area (Å²) in [5, 5.41) is 2.97. The molecule has 0 spiro atoms. The summed E-state index contributed by atoms with van der Waals surface area (Å²) >= 11 is 3.40. The number of hydrogen-bond donors (Lipinski definition) is 1. The fourth-order valence-electron chi connectivity index (χ4n) is 3.26. The van der Waals surface area contributed by atoms with Crippen LogP contribution in [0.25, 0.3) is 0 Å². The van der Waals surface area contributed by atoms with Crippen LogP contribution in [0.1, 0.15) is 32.8 Å². The molecule has 2 aromatic carbocycles. The number of nitrogens with one attached hydrogen (secondary N) is 1. The minimum Gasteiger partial charge on any atom is -0.495 e.